The maximum absolute atomic E-state index is 5.59. The Morgan fingerprint density at radius 2 is 1.67 bits per heavy atom. The second kappa shape index (κ2) is 7.14. The number of fused-ring (bicyclic) bond motifs is 1. The van der Waals surface area contributed by atoms with Crippen molar-refractivity contribution in [2.75, 3.05) is 26.2 Å². The third-order valence-electron chi connectivity index (χ3n) is 4.16. The first-order valence-electron chi connectivity index (χ1n) is 7.74. The Bertz CT molecular complexity index is 858. The Morgan fingerprint density at radius 1 is 0.917 bits per heavy atom. The average Bonchev–Trinajstić information content (AvgIpc) is 2.62. The fourth-order valence-corrected chi connectivity index (χ4v) is 3.42. The number of hydrogen-bond acceptors (Lipinski definition) is 3. The monoisotopic (exact) mass is 385 g/mol. The van der Waals surface area contributed by atoms with Crippen LogP contribution in [0.1, 0.15) is 5.56 Å². The van der Waals surface area contributed by atoms with Crippen molar-refractivity contribution in [2.45, 2.75) is 6.54 Å². The first-order valence-corrected chi connectivity index (χ1v) is 8.53. The molecule has 0 amide bonds. The van der Waals surface area contributed by atoms with E-state index in [1.807, 2.05) is 12.1 Å². The van der Waals surface area contributed by atoms with E-state index in [4.69, 9.17) is 9.47 Å². The van der Waals surface area contributed by atoms with Crippen molar-refractivity contribution in [3.05, 3.63) is 64.6 Å². The van der Waals surface area contributed by atoms with Crippen LogP contribution in [0.4, 0.5) is 5.69 Å². The molecule has 0 aliphatic carbocycles. The maximum Gasteiger partial charge on any atom is 0.166 e. The van der Waals surface area contributed by atoms with Gasteiger partial charge in [-0.15, -0.1) is 0 Å². The van der Waals surface area contributed by atoms with E-state index in [-0.39, 0.29) is 0 Å². The zero-order chi connectivity index (χ0) is 17.1. The summed E-state index contributed by atoms with van der Waals surface area (Å²) >= 11 is 3.64. The summed E-state index contributed by atoms with van der Waals surface area (Å²) in [5.41, 5.74) is 2.25. The van der Waals surface area contributed by atoms with Crippen LogP contribution in [-0.4, -0.2) is 21.3 Å². The van der Waals surface area contributed by atoms with Gasteiger partial charge in [-0.2, -0.15) is 0 Å². The lowest BCUT2D eigenvalue weighted by Crippen LogP contribution is -2.17. The van der Waals surface area contributed by atoms with E-state index in [0.717, 1.165) is 21.5 Å². The molecule has 0 aliphatic heterocycles. The number of halogens is 1. The minimum absolute atomic E-state index is 0.703. The fourth-order valence-electron chi connectivity index (χ4n) is 2.98. The molecular weight excluding hydrogens is 366 g/mol. The molecule has 0 aliphatic rings. The summed E-state index contributed by atoms with van der Waals surface area (Å²) in [6, 6.07) is 18.7. The number of hydrogen-bond donors (Lipinski definition) is 0. The quantitative estimate of drug-likeness (QED) is 0.597. The van der Waals surface area contributed by atoms with Crippen molar-refractivity contribution in [3.8, 4) is 11.5 Å². The predicted molar refractivity (Wildman–Crippen MR) is 103 cm³/mol. The molecule has 0 fully saturated rings. The summed E-state index contributed by atoms with van der Waals surface area (Å²) < 4.78 is 12.0. The summed E-state index contributed by atoms with van der Waals surface area (Å²) in [6.45, 7) is 0.703. The van der Waals surface area contributed by atoms with Crippen molar-refractivity contribution in [1.29, 1.82) is 0 Å². The van der Waals surface area contributed by atoms with Crippen LogP contribution in [0, 0.1) is 0 Å². The molecular formula is C20H20BrNO2. The van der Waals surface area contributed by atoms with Crippen LogP contribution >= 0.6 is 15.9 Å². The van der Waals surface area contributed by atoms with Gasteiger partial charge < -0.3 is 14.4 Å². The summed E-state index contributed by atoms with van der Waals surface area (Å²) in [6.07, 6.45) is 0. The molecule has 24 heavy (non-hydrogen) atoms. The van der Waals surface area contributed by atoms with Gasteiger partial charge >= 0.3 is 0 Å². The Kier molecular flexibility index (Phi) is 4.95. The van der Waals surface area contributed by atoms with Gasteiger partial charge in [-0.05, 0) is 23.6 Å². The van der Waals surface area contributed by atoms with Crippen molar-refractivity contribution in [1.82, 2.24) is 0 Å². The molecule has 0 saturated carbocycles. The van der Waals surface area contributed by atoms with Crippen LogP contribution in [0.15, 0.2) is 59.1 Å². The number of ether oxygens (including phenoxy) is 2. The SMILES string of the molecule is COc1ccc(Br)c(CN(C)c2cccc3ccccc23)c1OC. The molecule has 3 aromatic carbocycles. The largest absolute Gasteiger partial charge is 0.493 e. The Balaban J connectivity index is 2.02. The predicted octanol–water partition coefficient (Wildman–Crippen LogP) is 5.26. The van der Waals surface area contributed by atoms with Gasteiger partial charge in [0.05, 0.1) is 14.2 Å². The maximum atomic E-state index is 5.59. The standard InChI is InChI=1S/C20H20BrNO2/c1-22(18-10-6-8-14-7-4-5-9-15(14)18)13-16-17(21)11-12-19(23-2)20(16)24-3/h4-12H,13H2,1-3H3. The molecule has 0 bridgehead atoms. The molecule has 0 N–H and O–H groups in total. The van der Waals surface area contributed by atoms with Crippen LogP contribution in [0.3, 0.4) is 0 Å². The molecule has 0 heterocycles. The van der Waals surface area contributed by atoms with E-state index in [2.05, 4.69) is 70.3 Å². The Labute approximate surface area is 150 Å². The van der Waals surface area contributed by atoms with Crippen LogP contribution in [0.2, 0.25) is 0 Å². The molecule has 0 radical (unpaired) electrons. The second-order valence-corrected chi connectivity index (χ2v) is 6.47. The molecule has 4 heteroatoms. The highest BCUT2D eigenvalue weighted by atomic mass is 79.9. The first-order chi connectivity index (χ1) is 11.7. The van der Waals surface area contributed by atoms with Crippen molar-refractivity contribution >= 4 is 32.4 Å². The molecule has 0 unspecified atom stereocenters. The molecule has 3 aromatic rings. The highest BCUT2D eigenvalue weighted by Crippen LogP contribution is 2.38. The van der Waals surface area contributed by atoms with Gasteiger partial charge in [0.15, 0.2) is 11.5 Å². The van der Waals surface area contributed by atoms with Crippen molar-refractivity contribution in [3.63, 3.8) is 0 Å². The van der Waals surface area contributed by atoms with E-state index in [9.17, 15) is 0 Å². The lowest BCUT2D eigenvalue weighted by molar-refractivity contribution is 0.351. The fraction of sp³-hybridized carbons (Fsp3) is 0.200. The molecule has 3 nitrogen and oxygen atoms in total. The normalized spacial score (nSPS) is 10.7. The van der Waals surface area contributed by atoms with Gasteiger partial charge in [-0.25, -0.2) is 0 Å². The number of nitrogens with zero attached hydrogens (tertiary/aromatic N) is 1. The van der Waals surface area contributed by atoms with Crippen LogP contribution in [-0.2, 0) is 6.54 Å². The molecule has 124 valence electrons. The van der Waals surface area contributed by atoms with Crippen LogP contribution < -0.4 is 14.4 Å². The lowest BCUT2D eigenvalue weighted by atomic mass is 10.1. The van der Waals surface area contributed by atoms with Crippen LogP contribution in [0.5, 0.6) is 11.5 Å². The molecule has 0 atom stereocenters. The molecule has 0 aromatic heterocycles. The van der Waals surface area contributed by atoms with Gasteiger partial charge in [-0.1, -0.05) is 52.3 Å². The van der Waals surface area contributed by atoms with Crippen LogP contribution in [0.25, 0.3) is 10.8 Å². The third-order valence-corrected chi connectivity index (χ3v) is 4.91. The van der Waals surface area contributed by atoms with Gasteiger partial charge in [0, 0.05) is 34.7 Å². The summed E-state index contributed by atoms with van der Waals surface area (Å²) in [5, 5.41) is 2.47. The smallest absolute Gasteiger partial charge is 0.166 e. The summed E-state index contributed by atoms with van der Waals surface area (Å²) in [7, 11) is 5.42. The van der Waals surface area contributed by atoms with E-state index in [1.54, 1.807) is 14.2 Å². The number of benzene rings is 3. The van der Waals surface area contributed by atoms with Gasteiger partial charge in [0.25, 0.3) is 0 Å². The number of rotatable bonds is 5. The molecule has 3 rings (SSSR count). The second-order valence-electron chi connectivity index (χ2n) is 5.62. The molecule has 0 saturated heterocycles. The van der Waals surface area contributed by atoms with Gasteiger partial charge in [0.2, 0.25) is 0 Å². The lowest BCUT2D eigenvalue weighted by Gasteiger charge is -2.24. The average molecular weight is 386 g/mol. The van der Waals surface area contributed by atoms with E-state index < -0.39 is 0 Å². The Hall–Kier alpha value is -2.20. The summed E-state index contributed by atoms with van der Waals surface area (Å²) in [5.74, 6) is 1.50. The third kappa shape index (κ3) is 3.06. The Morgan fingerprint density at radius 3 is 2.42 bits per heavy atom. The van der Waals surface area contributed by atoms with Gasteiger partial charge in [-0.3, -0.25) is 0 Å². The zero-order valence-corrected chi connectivity index (χ0v) is 15.6. The highest BCUT2D eigenvalue weighted by Gasteiger charge is 2.16. The van der Waals surface area contributed by atoms with E-state index in [1.165, 1.54) is 16.5 Å². The minimum Gasteiger partial charge on any atom is -0.493 e. The zero-order valence-electron chi connectivity index (χ0n) is 14.0. The number of anilines is 1. The summed E-state index contributed by atoms with van der Waals surface area (Å²) in [4.78, 5) is 2.23. The minimum atomic E-state index is 0.703. The van der Waals surface area contributed by atoms with Crippen molar-refractivity contribution < 1.29 is 9.47 Å². The van der Waals surface area contributed by atoms with E-state index >= 15 is 0 Å². The van der Waals surface area contributed by atoms with Gasteiger partial charge in [0.1, 0.15) is 0 Å². The topological polar surface area (TPSA) is 21.7 Å². The molecule has 0 spiro atoms. The van der Waals surface area contributed by atoms with Crippen molar-refractivity contribution in [2.24, 2.45) is 0 Å². The number of methoxy groups -OCH3 is 2. The van der Waals surface area contributed by atoms with E-state index in [0.29, 0.717) is 6.54 Å². The highest BCUT2D eigenvalue weighted by molar-refractivity contribution is 9.10. The first kappa shape index (κ1) is 16.7.